The van der Waals surface area contributed by atoms with E-state index in [-0.39, 0.29) is 0 Å². The van der Waals surface area contributed by atoms with E-state index < -0.39 is 0 Å². The molecule has 0 bridgehead atoms. The van der Waals surface area contributed by atoms with E-state index in [0.717, 1.165) is 35.1 Å². The van der Waals surface area contributed by atoms with Gasteiger partial charge in [0, 0.05) is 11.1 Å². The molecule has 0 spiro atoms. The van der Waals surface area contributed by atoms with Gasteiger partial charge in [0.05, 0.1) is 7.11 Å². The van der Waals surface area contributed by atoms with Crippen LogP contribution in [0.4, 0.5) is 0 Å². The van der Waals surface area contributed by atoms with Gasteiger partial charge in [-0.15, -0.1) is 0 Å². The first kappa shape index (κ1) is 14.2. The molecular formula is C17H24ClNO. The molecule has 110 valence electrons. The molecule has 2 atom stereocenters. The maximum absolute atomic E-state index is 6.14. The Morgan fingerprint density at radius 1 is 1.20 bits per heavy atom. The molecule has 1 aromatic rings. The van der Waals surface area contributed by atoms with Gasteiger partial charge in [0.25, 0.3) is 0 Å². The molecule has 1 N–H and O–H groups in total. The van der Waals surface area contributed by atoms with Crippen molar-refractivity contribution in [2.24, 2.45) is 11.8 Å². The highest BCUT2D eigenvalue weighted by atomic mass is 35.5. The number of rotatable bonds is 6. The van der Waals surface area contributed by atoms with Crippen molar-refractivity contribution in [2.45, 2.75) is 44.6 Å². The van der Waals surface area contributed by atoms with Crippen LogP contribution in [-0.2, 0) is 6.42 Å². The van der Waals surface area contributed by atoms with Crippen molar-refractivity contribution in [2.75, 3.05) is 13.7 Å². The number of benzene rings is 1. The van der Waals surface area contributed by atoms with Gasteiger partial charge in [0.2, 0.25) is 0 Å². The van der Waals surface area contributed by atoms with Gasteiger partial charge in [-0.2, -0.15) is 0 Å². The number of nitrogens with one attached hydrogen (secondary N) is 1. The van der Waals surface area contributed by atoms with E-state index in [2.05, 4.69) is 11.4 Å². The third-order valence-electron chi connectivity index (χ3n) is 4.79. The molecule has 20 heavy (non-hydrogen) atoms. The molecule has 3 rings (SSSR count). The molecule has 0 heterocycles. The Bertz CT molecular complexity index is 458. The van der Waals surface area contributed by atoms with Crippen LogP contribution < -0.4 is 10.1 Å². The van der Waals surface area contributed by atoms with Crippen molar-refractivity contribution in [1.82, 2.24) is 5.32 Å². The molecule has 3 heteroatoms. The lowest BCUT2D eigenvalue weighted by Crippen LogP contribution is -2.27. The Labute approximate surface area is 126 Å². The molecule has 2 unspecified atom stereocenters. The number of hydrogen-bond acceptors (Lipinski definition) is 2. The molecule has 2 nitrogen and oxygen atoms in total. The fraction of sp³-hybridized carbons (Fsp3) is 0.647. The number of hydrogen-bond donors (Lipinski definition) is 1. The Morgan fingerprint density at radius 2 is 2.00 bits per heavy atom. The van der Waals surface area contributed by atoms with Gasteiger partial charge in [0.1, 0.15) is 5.75 Å². The SMILES string of the molecule is COc1ccc(Cl)cc1CC1CCCC1CNC1CC1. The largest absolute Gasteiger partial charge is 0.496 e. The van der Waals surface area contributed by atoms with Gasteiger partial charge >= 0.3 is 0 Å². The van der Waals surface area contributed by atoms with Gasteiger partial charge in [-0.25, -0.2) is 0 Å². The highest BCUT2D eigenvalue weighted by Crippen LogP contribution is 2.37. The average molecular weight is 294 g/mol. The van der Waals surface area contributed by atoms with Crippen LogP contribution in [0.5, 0.6) is 5.75 Å². The maximum atomic E-state index is 6.14. The van der Waals surface area contributed by atoms with E-state index in [9.17, 15) is 0 Å². The highest BCUT2D eigenvalue weighted by molar-refractivity contribution is 6.30. The summed E-state index contributed by atoms with van der Waals surface area (Å²) in [5.41, 5.74) is 1.27. The zero-order valence-corrected chi connectivity index (χ0v) is 13.0. The quantitative estimate of drug-likeness (QED) is 0.854. The number of halogens is 1. The molecule has 2 saturated carbocycles. The van der Waals surface area contributed by atoms with Gasteiger partial charge in [0.15, 0.2) is 0 Å². The van der Waals surface area contributed by atoms with Gasteiger partial charge in [-0.3, -0.25) is 0 Å². The molecule has 2 aliphatic rings. The van der Waals surface area contributed by atoms with Crippen LogP contribution in [0, 0.1) is 11.8 Å². The second-order valence-electron chi connectivity index (χ2n) is 6.29. The van der Waals surface area contributed by atoms with Crippen molar-refractivity contribution < 1.29 is 4.74 Å². The van der Waals surface area contributed by atoms with E-state index >= 15 is 0 Å². The van der Waals surface area contributed by atoms with Crippen LogP contribution in [0.2, 0.25) is 5.02 Å². The summed E-state index contributed by atoms with van der Waals surface area (Å²) in [5, 5.41) is 4.51. The summed E-state index contributed by atoms with van der Waals surface area (Å²) in [4.78, 5) is 0. The molecule has 0 aliphatic heterocycles. The number of methoxy groups -OCH3 is 1. The predicted octanol–water partition coefficient (Wildman–Crippen LogP) is 4.06. The van der Waals surface area contributed by atoms with Gasteiger partial charge in [-0.1, -0.05) is 18.0 Å². The topological polar surface area (TPSA) is 21.3 Å². The van der Waals surface area contributed by atoms with Crippen LogP contribution in [0.25, 0.3) is 0 Å². The summed E-state index contributed by atoms with van der Waals surface area (Å²) in [6.07, 6.45) is 7.92. The van der Waals surface area contributed by atoms with E-state index in [1.807, 2.05) is 12.1 Å². The molecule has 2 fully saturated rings. The van der Waals surface area contributed by atoms with E-state index in [1.165, 1.54) is 44.2 Å². The fourth-order valence-electron chi connectivity index (χ4n) is 3.45. The summed E-state index contributed by atoms with van der Waals surface area (Å²) >= 11 is 6.14. The maximum Gasteiger partial charge on any atom is 0.122 e. The summed E-state index contributed by atoms with van der Waals surface area (Å²) in [5.74, 6) is 2.57. The smallest absolute Gasteiger partial charge is 0.122 e. The summed E-state index contributed by atoms with van der Waals surface area (Å²) in [7, 11) is 1.74. The molecule has 1 aromatic carbocycles. The molecule has 0 saturated heterocycles. The Balaban J connectivity index is 1.64. The molecule has 0 aromatic heterocycles. The third-order valence-corrected chi connectivity index (χ3v) is 5.02. The summed E-state index contributed by atoms with van der Waals surface area (Å²) < 4.78 is 5.48. The minimum atomic E-state index is 0.772. The Kier molecular flexibility index (Phi) is 4.52. The first-order valence-corrected chi connectivity index (χ1v) is 8.20. The third kappa shape index (κ3) is 3.48. The molecular weight excluding hydrogens is 270 g/mol. The molecule has 0 radical (unpaired) electrons. The second kappa shape index (κ2) is 6.36. The van der Waals surface area contributed by atoms with E-state index in [0.29, 0.717) is 0 Å². The van der Waals surface area contributed by atoms with Crippen LogP contribution in [0.15, 0.2) is 18.2 Å². The highest BCUT2D eigenvalue weighted by Gasteiger charge is 2.30. The standard InChI is InChI=1S/C17H24ClNO/c1-20-17-8-5-15(18)10-14(17)9-12-3-2-4-13(12)11-19-16-6-7-16/h5,8,10,12-13,16,19H,2-4,6-7,9,11H2,1H3. The Hall–Kier alpha value is -0.730. The lowest BCUT2D eigenvalue weighted by Gasteiger charge is -2.21. The fourth-order valence-corrected chi connectivity index (χ4v) is 3.64. The van der Waals surface area contributed by atoms with Crippen molar-refractivity contribution >= 4 is 11.6 Å². The monoisotopic (exact) mass is 293 g/mol. The van der Waals surface area contributed by atoms with Crippen LogP contribution in [0.1, 0.15) is 37.7 Å². The normalized spacial score (nSPS) is 25.9. The van der Waals surface area contributed by atoms with E-state index in [1.54, 1.807) is 7.11 Å². The Morgan fingerprint density at radius 3 is 2.75 bits per heavy atom. The predicted molar refractivity (Wildman–Crippen MR) is 83.6 cm³/mol. The zero-order valence-electron chi connectivity index (χ0n) is 12.2. The minimum absolute atomic E-state index is 0.772. The first-order chi connectivity index (χ1) is 9.76. The zero-order chi connectivity index (χ0) is 13.9. The van der Waals surface area contributed by atoms with Gasteiger partial charge < -0.3 is 10.1 Å². The van der Waals surface area contributed by atoms with Crippen molar-refractivity contribution in [3.8, 4) is 5.75 Å². The van der Waals surface area contributed by atoms with Gasteiger partial charge in [-0.05, 0) is 74.2 Å². The first-order valence-electron chi connectivity index (χ1n) is 7.82. The van der Waals surface area contributed by atoms with Crippen molar-refractivity contribution in [3.05, 3.63) is 28.8 Å². The average Bonchev–Trinajstić information content (AvgIpc) is 3.17. The van der Waals surface area contributed by atoms with E-state index in [4.69, 9.17) is 16.3 Å². The lowest BCUT2D eigenvalue weighted by molar-refractivity contribution is 0.354. The van der Waals surface area contributed by atoms with Crippen LogP contribution in [-0.4, -0.2) is 19.7 Å². The number of ether oxygens (including phenoxy) is 1. The van der Waals surface area contributed by atoms with Crippen molar-refractivity contribution in [1.29, 1.82) is 0 Å². The lowest BCUT2D eigenvalue weighted by atomic mass is 9.89. The minimum Gasteiger partial charge on any atom is -0.496 e. The summed E-state index contributed by atoms with van der Waals surface area (Å²) in [6, 6.07) is 6.79. The second-order valence-corrected chi connectivity index (χ2v) is 6.73. The van der Waals surface area contributed by atoms with Crippen LogP contribution >= 0.6 is 11.6 Å². The van der Waals surface area contributed by atoms with Crippen molar-refractivity contribution in [3.63, 3.8) is 0 Å². The summed E-state index contributed by atoms with van der Waals surface area (Å²) in [6.45, 7) is 1.19. The van der Waals surface area contributed by atoms with Crippen LogP contribution in [0.3, 0.4) is 0 Å². The molecule has 2 aliphatic carbocycles. The molecule has 0 amide bonds.